The second-order valence-electron chi connectivity index (χ2n) is 4.35. The third-order valence-electron chi connectivity index (χ3n) is 2.79. The zero-order valence-corrected chi connectivity index (χ0v) is 16.8. The van der Waals surface area contributed by atoms with E-state index in [0.717, 1.165) is 30.4 Å². The predicted octanol–water partition coefficient (Wildman–Crippen LogP) is 6.25. The first-order valence-electron chi connectivity index (χ1n) is 6.24. The first kappa shape index (κ1) is 17.7. The Morgan fingerprint density at radius 1 is 1.14 bits per heavy atom. The lowest BCUT2D eigenvalue weighted by molar-refractivity contribution is 0.364. The topological polar surface area (TPSA) is 21.3 Å². The van der Waals surface area contributed by atoms with Crippen LogP contribution in [0.3, 0.4) is 0 Å². The lowest BCUT2D eigenvalue weighted by atomic mass is 10.2. The van der Waals surface area contributed by atoms with Crippen LogP contribution < -0.4 is 10.1 Å². The zero-order chi connectivity index (χ0) is 16.1. The second-order valence-corrected chi connectivity index (χ2v) is 7.38. The molecule has 0 amide bonds. The first-order valence-corrected chi connectivity index (χ1v) is 9.00. The molecule has 2 aromatic carbocycles. The van der Waals surface area contributed by atoms with Crippen molar-refractivity contribution in [2.24, 2.45) is 0 Å². The van der Waals surface area contributed by atoms with Crippen LogP contribution in [0, 0.1) is 12.3 Å². The molecule has 0 fully saturated rings. The van der Waals surface area contributed by atoms with Gasteiger partial charge in [-0.15, -0.1) is 6.42 Å². The van der Waals surface area contributed by atoms with Gasteiger partial charge in [-0.05, 0) is 62.2 Å². The number of nitrogens with one attached hydrogen (secondary N) is 1. The summed E-state index contributed by atoms with van der Waals surface area (Å²) in [5.41, 5.74) is 1.91. The lowest BCUT2D eigenvalue weighted by Gasteiger charge is -2.14. The van der Waals surface area contributed by atoms with Gasteiger partial charge in [0.25, 0.3) is 0 Å². The van der Waals surface area contributed by atoms with Gasteiger partial charge in [0.15, 0.2) is 0 Å². The Hall–Kier alpha value is -0.670. The van der Waals surface area contributed by atoms with Crippen LogP contribution in [0.4, 0.5) is 5.69 Å². The fourth-order valence-corrected chi connectivity index (χ4v) is 3.68. The van der Waals surface area contributed by atoms with E-state index in [1.807, 2.05) is 30.3 Å². The molecule has 2 rings (SSSR count). The van der Waals surface area contributed by atoms with E-state index in [0.29, 0.717) is 11.6 Å². The van der Waals surface area contributed by atoms with Crippen LogP contribution in [-0.4, -0.2) is 6.61 Å². The maximum absolute atomic E-state index is 6.10. The van der Waals surface area contributed by atoms with E-state index in [1.54, 1.807) is 0 Å². The molecule has 0 saturated carbocycles. The molecule has 0 aliphatic heterocycles. The Balaban J connectivity index is 2.20. The number of hydrogen-bond donors (Lipinski definition) is 1. The molecule has 2 aromatic rings. The normalized spacial score (nSPS) is 10.1. The molecule has 0 saturated heterocycles. The minimum atomic E-state index is 0.220. The monoisotopic (exact) mass is 505 g/mol. The molecule has 0 unspecified atom stereocenters. The van der Waals surface area contributed by atoms with Gasteiger partial charge in [-0.2, -0.15) is 0 Å². The molecule has 0 heterocycles. The van der Waals surface area contributed by atoms with Crippen molar-refractivity contribution in [1.82, 2.24) is 0 Å². The average molecular weight is 508 g/mol. The summed E-state index contributed by atoms with van der Waals surface area (Å²) in [6.45, 7) is 0.799. The molecular formula is C16H11Br3ClNO. The highest BCUT2D eigenvalue weighted by Crippen LogP contribution is 2.34. The van der Waals surface area contributed by atoms with E-state index in [-0.39, 0.29) is 6.61 Å². The highest BCUT2D eigenvalue weighted by molar-refractivity contribution is 9.11. The fraction of sp³-hybridized carbons (Fsp3) is 0.125. The van der Waals surface area contributed by atoms with Crippen molar-refractivity contribution in [2.75, 3.05) is 11.9 Å². The van der Waals surface area contributed by atoms with Gasteiger partial charge < -0.3 is 10.1 Å². The number of benzene rings is 2. The van der Waals surface area contributed by atoms with Crippen LogP contribution in [0.1, 0.15) is 5.56 Å². The largest absolute Gasteiger partial charge is 0.479 e. The number of anilines is 1. The fourth-order valence-electron chi connectivity index (χ4n) is 1.82. The van der Waals surface area contributed by atoms with E-state index in [4.69, 9.17) is 22.8 Å². The molecule has 0 radical (unpaired) electrons. The molecule has 1 N–H and O–H groups in total. The van der Waals surface area contributed by atoms with E-state index < -0.39 is 0 Å². The van der Waals surface area contributed by atoms with Crippen molar-refractivity contribution < 1.29 is 4.74 Å². The van der Waals surface area contributed by atoms with Crippen LogP contribution in [0.25, 0.3) is 0 Å². The molecule has 2 nitrogen and oxygen atoms in total. The number of terminal acetylenes is 1. The second kappa shape index (κ2) is 8.26. The van der Waals surface area contributed by atoms with Crippen LogP contribution in [0.2, 0.25) is 5.02 Å². The molecule has 0 atom stereocenters. The van der Waals surface area contributed by atoms with Crippen molar-refractivity contribution in [2.45, 2.75) is 6.54 Å². The summed E-state index contributed by atoms with van der Waals surface area (Å²) in [5, 5.41) is 3.98. The molecule has 0 bridgehead atoms. The summed E-state index contributed by atoms with van der Waals surface area (Å²) >= 11 is 16.4. The molecule has 0 spiro atoms. The Labute approximate surface area is 160 Å². The molecule has 0 aliphatic rings. The average Bonchev–Trinajstić information content (AvgIpc) is 2.47. The third-order valence-corrected chi connectivity index (χ3v) is 5.07. The molecule has 6 heteroatoms. The minimum absolute atomic E-state index is 0.220. The molecule has 0 aliphatic carbocycles. The molecule has 22 heavy (non-hydrogen) atoms. The van der Waals surface area contributed by atoms with E-state index in [2.05, 4.69) is 59.0 Å². The first-order chi connectivity index (χ1) is 10.5. The van der Waals surface area contributed by atoms with Crippen LogP contribution in [0.5, 0.6) is 5.75 Å². The SMILES string of the molecule is C#CCOc1c(Br)cc(Br)cc1CNc1ccc(Br)c(Cl)c1. The van der Waals surface area contributed by atoms with Crippen molar-refractivity contribution >= 4 is 65.1 Å². The van der Waals surface area contributed by atoms with Crippen LogP contribution in [-0.2, 0) is 6.54 Å². The summed E-state index contributed by atoms with van der Waals surface area (Å²) in [7, 11) is 0. The van der Waals surface area contributed by atoms with Crippen molar-refractivity contribution in [3.05, 3.63) is 54.3 Å². The van der Waals surface area contributed by atoms with Crippen molar-refractivity contribution in [3.63, 3.8) is 0 Å². The molecule has 0 aromatic heterocycles. The Kier molecular flexibility index (Phi) is 6.64. The summed E-state index contributed by atoms with van der Waals surface area (Å²) < 4.78 is 8.30. The maximum atomic E-state index is 6.10. The summed E-state index contributed by atoms with van der Waals surface area (Å²) in [6.07, 6.45) is 5.27. The third kappa shape index (κ3) is 4.66. The van der Waals surface area contributed by atoms with Crippen molar-refractivity contribution in [1.29, 1.82) is 0 Å². The van der Waals surface area contributed by atoms with Gasteiger partial charge in [-0.1, -0.05) is 33.5 Å². The van der Waals surface area contributed by atoms with Crippen LogP contribution >= 0.6 is 59.4 Å². The van der Waals surface area contributed by atoms with Gasteiger partial charge in [-0.3, -0.25) is 0 Å². The van der Waals surface area contributed by atoms with Gasteiger partial charge in [0.05, 0.1) is 9.50 Å². The lowest BCUT2D eigenvalue weighted by Crippen LogP contribution is -2.04. The summed E-state index contributed by atoms with van der Waals surface area (Å²) in [6, 6.07) is 9.62. The van der Waals surface area contributed by atoms with Gasteiger partial charge in [0.1, 0.15) is 12.4 Å². The van der Waals surface area contributed by atoms with E-state index >= 15 is 0 Å². The molecular weight excluding hydrogens is 497 g/mol. The predicted molar refractivity (Wildman–Crippen MR) is 103 cm³/mol. The summed E-state index contributed by atoms with van der Waals surface area (Å²) in [4.78, 5) is 0. The van der Waals surface area contributed by atoms with Crippen molar-refractivity contribution in [3.8, 4) is 18.1 Å². The Bertz CT molecular complexity index is 728. The van der Waals surface area contributed by atoms with Gasteiger partial charge in [-0.25, -0.2) is 0 Å². The molecule has 114 valence electrons. The smallest absolute Gasteiger partial charge is 0.148 e. The highest BCUT2D eigenvalue weighted by Gasteiger charge is 2.10. The quantitative estimate of drug-likeness (QED) is 0.482. The summed E-state index contributed by atoms with van der Waals surface area (Å²) in [5.74, 6) is 3.21. The number of hydrogen-bond acceptors (Lipinski definition) is 2. The zero-order valence-electron chi connectivity index (χ0n) is 11.3. The standard InChI is InChI=1S/C16H11Br3ClNO/c1-2-5-22-16-10(6-11(17)7-14(16)19)9-21-12-3-4-13(18)15(20)8-12/h1,3-4,6-8,21H,5,9H2. The van der Waals surface area contributed by atoms with Gasteiger partial charge in [0.2, 0.25) is 0 Å². The highest BCUT2D eigenvalue weighted by atomic mass is 79.9. The number of halogens is 4. The van der Waals surface area contributed by atoms with Gasteiger partial charge in [0, 0.05) is 26.7 Å². The van der Waals surface area contributed by atoms with Gasteiger partial charge >= 0.3 is 0 Å². The Morgan fingerprint density at radius 3 is 2.59 bits per heavy atom. The maximum Gasteiger partial charge on any atom is 0.148 e. The van der Waals surface area contributed by atoms with Crippen LogP contribution in [0.15, 0.2) is 43.7 Å². The number of ether oxygens (including phenoxy) is 1. The van der Waals surface area contributed by atoms with E-state index in [9.17, 15) is 0 Å². The minimum Gasteiger partial charge on any atom is -0.479 e. The number of rotatable bonds is 5. The Morgan fingerprint density at radius 2 is 1.91 bits per heavy atom. The van der Waals surface area contributed by atoms with E-state index in [1.165, 1.54) is 0 Å².